The van der Waals surface area contributed by atoms with Crippen molar-refractivity contribution in [1.29, 1.82) is 5.26 Å². The van der Waals surface area contributed by atoms with Crippen LogP contribution < -0.4 is 0 Å². The zero-order valence-corrected chi connectivity index (χ0v) is 9.66. The van der Waals surface area contributed by atoms with E-state index in [0.717, 1.165) is 4.90 Å². The maximum atomic E-state index is 8.64. The van der Waals surface area contributed by atoms with E-state index in [1.54, 1.807) is 24.0 Å². The van der Waals surface area contributed by atoms with Crippen LogP contribution in [0.3, 0.4) is 0 Å². The van der Waals surface area contributed by atoms with Gasteiger partial charge in [0, 0.05) is 16.0 Å². The Balaban J connectivity index is 2.18. The van der Waals surface area contributed by atoms with E-state index in [1.807, 2.05) is 18.2 Å². The molecule has 0 saturated heterocycles. The minimum Gasteiger partial charge on any atom is -0.244 e. The van der Waals surface area contributed by atoms with Gasteiger partial charge in [-0.25, -0.2) is 4.98 Å². The molecule has 0 unspecified atom stereocenters. The molecular formula is C13H10N2S. The Kier molecular flexibility index (Phi) is 3.23. The molecule has 0 spiro atoms. The molecular weight excluding hydrogens is 216 g/mol. The third kappa shape index (κ3) is 2.62. The van der Waals surface area contributed by atoms with Crippen molar-refractivity contribution in [3.05, 3.63) is 53.9 Å². The molecule has 0 amide bonds. The van der Waals surface area contributed by atoms with Crippen LogP contribution in [0.25, 0.3) is 0 Å². The lowest BCUT2D eigenvalue weighted by Crippen LogP contribution is -1.82. The first kappa shape index (κ1) is 10.7. The molecule has 2 aromatic rings. The number of rotatable bonds is 2. The summed E-state index contributed by atoms with van der Waals surface area (Å²) in [6, 6.07) is 14.0. The van der Waals surface area contributed by atoms with Gasteiger partial charge in [0.2, 0.25) is 0 Å². The van der Waals surface area contributed by atoms with E-state index in [2.05, 4.69) is 30.1 Å². The smallest absolute Gasteiger partial charge is 0.140 e. The molecule has 0 saturated carbocycles. The van der Waals surface area contributed by atoms with Crippen molar-refractivity contribution < 1.29 is 0 Å². The summed E-state index contributed by atoms with van der Waals surface area (Å²) in [6.45, 7) is 2.07. The Morgan fingerprint density at radius 3 is 2.69 bits per heavy atom. The van der Waals surface area contributed by atoms with Gasteiger partial charge in [0.15, 0.2) is 0 Å². The normalized spacial score (nSPS) is 9.75. The number of nitrogens with zero attached hydrogens (tertiary/aromatic N) is 2. The first-order chi connectivity index (χ1) is 7.78. The third-order valence-corrected chi connectivity index (χ3v) is 3.04. The van der Waals surface area contributed by atoms with Crippen LogP contribution in [0.1, 0.15) is 11.3 Å². The van der Waals surface area contributed by atoms with Gasteiger partial charge in [-0.05, 0) is 31.2 Å². The highest BCUT2D eigenvalue weighted by atomic mass is 32.2. The molecule has 0 aliphatic carbocycles. The van der Waals surface area contributed by atoms with E-state index in [9.17, 15) is 0 Å². The van der Waals surface area contributed by atoms with Crippen LogP contribution in [-0.4, -0.2) is 4.98 Å². The Bertz CT molecular complexity index is 526. The number of hydrogen-bond donors (Lipinski definition) is 0. The number of aromatic nitrogens is 1. The summed E-state index contributed by atoms with van der Waals surface area (Å²) in [4.78, 5) is 6.27. The number of aryl methyl sites for hydroxylation is 1. The Labute approximate surface area is 99.0 Å². The SMILES string of the molecule is Cc1cccc(Sc2ccc(C#N)nc2)c1. The Morgan fingerprint density at radius 1 is 1.19 bits per heavy atom. The molecule has 1 aromatic heterocycles. The van der Waals surface area contributed by atoms with Gasteiger partial charge >= 0.3 is 0 Å². The number of pyridine rings is 1. The quantitative estimate of drug-likeness (QED) is 0.787. The number of hydrogen-bond acceptors (Lipinski definition) is 3. The van der Waals surface area contributed by atoms with E-state index in [4.69, 9.17) is 5.26 Å². The lowest BCUT2D eigenvalue weighted by atomic mass is 10.2. The molecule has 0 fully saturated rings. The van der Waals surface area contributed by atoms with Gasteiger partial charge in [0.25, 0.3) is 0 Å². The summed E-state index contributed by atoms with van der Waals surface area (Å²) in [6.07, 6.45) is 1.73. The van der Waals surface area contributed by atoms with Crippen LogP contribution in [-0.2, 0) is 0 Å². The Morgan fingerprint density at radius 2 is 2.06 bits per heavy atom. The highest BCUT2D eigenvalue weighted by Gasteiger charge is 1.98. The van der Waals surface area contributed by atoms with E-state index in [0.29, 0.717) is 5.69 Å². The minimum atomic E-state index is 0.452. The fourth-order valence-electron chi connectivity index (χ4n) is 1.32. The fraction of sp³-hybridized carbons (Fsp3) is 0.0769. The second-order valence-corrected chi connectivity index (χ2v) is 4.56. The molecule has 0 radical (unpaired) electrons. The maximum absolute atomic E-state index is 8.64. The van der Waals surface area contributed by atoms with E-state index >= 15 is 0 Å². The monoisotopic (exact) mass is 226 g/mol. The largest absolute Gasteiger partial charge is 0.244 e. The van der Waals surface area contributed by atoms with Crippen molar-refractivity contribution in [2.24, 2.45) is 0 Å². The average Bonchev–Trinajstić information content (AvgIpc) is 2.30. The molecule has 0 bridgehead atoms. The van der Waals surface area contributed by atoms with Gasteiger partial charge in [-0.15, -0.1) is 0 Å². The van der Waals surface area contributed by atoms with Crippen LogP contribution in [0, 0.1) is 18.3 Å². The van der Waals surface area contributed by atoms with Gasteiger partial charge in [-0.3, -0.25) is 0 Å². The van der Waals surface area contributed by atoms with Crippen LogP contribution >= 0.6 is 11.8 Å². The van der Waals surface area contributed by atoms with Crippen molar-refractivity contribution in [3.8, 4) is 6.07 Å². The van der Waals surface area contributed by atoms with E-state index < -0.39 is 0 Å². The predicted molar refractivity (Wildman–Crippen MR) is 64.3 cm³/mol. The molecule has 78 valence electrons. The molecule has 2 rings (SSSR count). The Hall–Kier alpha value is -1.79. The summed E-state index contributed by atoms with van der Waals surface area (Å²) in [7, 11) is 0. The van der Waals surface area contributed by atoms with Crippen molar-refractivity contribution in [3.63, 3.8) is 0 Å². The van der Waals surface area contributed by atoms with E-state index in [-0.39, 0.29) is 0 Å². The molecule has 16 heavy (non-hydrogen) atoms. The van der Waals surface area contributed by atoms with Crippen molar-refractivity contribution in [2.45, 2.75) is 16.7 Å². The van der Waals surface area contributed by atoms with Crippen molar-refractivity contribution in [2.75, 3.05) is 0 Å². The molecule has 0 aliphatic rings. The fourth-order valence-corrected chi connectivity index (χ4v) is 2.23. The second-order valence-electron chi connectivity index (χ2n) is 3.41. The lowest BCUT2D eigenvalue weighted by molar-refractivity contribution is 1.19. The first-order valence-electron chi connectivity index (χ1n) is 4.88. The molecule has 1 heterocycles. The zero-order chi connectivity index (χ0) is 11.4. The summed E-state index contributed by atoms with van der Waals surface area (Å²) < 4.78 is 0. The van der Waals surface area contributed by atoms with Crippen molar-refractivity contribution >= 4 is 11.8 Å². The summed E-state index contributed by atoms with van der Waals surface area (Å²) in [5.74, 6) is 0. The van der Waals surface area contributed by atoms with Crippen molar-refractivity contribution in [1.82, 2.24) is 4.98 Å². The topological polar surface area (TPSA) is 36.7 Å². The highest BCUT2D eigenvalue weighted by molar-refractivity contribution is 7.99. The lowest BCUT2D eigenvalue weighted by Gasteiger charge is -2.01. The molecule has 0 aliphatic heterocycles. The van der Waals surface area contributed by atoms with Crippen LogP contribution in [0.15, 0.2) is 52.4 Å². The standard InChI is InChI=1S/C13H10N2S/c1-10-3-2-4-12(7-10)16-13-6-5-11(8-14)15-9-13/h2-7,9H,1H3. The second kappa shape index (κ2) is 4.82. The van der Waals surface area contributed by atoms with Gasteiger partial charge in [-0.2, -0.15) is 5.26 Å². The van der Waals surface area contributed by atoms with Crippen LogP contribution in [0.2, 0.25) is 0 Å². The highest BCUT2D eigenvalue weighted by Crippen LogP contribution is 2.27. The number of benzene rings is 1. The first-order valence-corrected chi connectivity index (χ1v) is 5.70. The zero-order valence-electron chi connectivity index (χ0n) is 8.84. The summed E-state index contributed by atoms with van der Waals surface area (Å²) >= 11 is 1.65. The average molecular weight is 226 g/mol. The molecule has 1 aromatic carbocycles. The molecule has 0 atom stereocenters. The predicted octanol–water partition coefficient (Wildman–Crippen LogP) is 3.41. The van der Waals surface area contributed by atoms with Crippen LogP contribution in [0.5, 0.6) is 0 Å². The van der Waals surface area contributed by atoms with Crippen LogP contribution in [0.4, 0.5) is 0 Å². The summed E-state index contributed by atoms with van der Waals surface area (Å²) in [5, 5.41) is 8.64. The molecule has 0 N–H and O–H groups in total. The minimum absolute atomic E-state index is 0.452. The maximum Gasteiger partial charge on any atom is 0.140 e. The van der Waals surface area contributed by atoms with E-state index in [1.165, 1.54) is 10.5 Å². The van der Waals surface area contributed by atoms with Gasteiger partial charge in [0.05, 0.1) is 0 Å². The molecule has 3 heteroatoms. The number of nitriles is 1. The van der Waals surface area contributed by atoms with Gasteiger partial charge < -0.3 is 0 Å². The van der Waals surface area contributed by atoms with Gasteiger partial charge in [0.1, 0.15) is 11.8 Å². The summed E-state index contributed by atoms with van der Waals surface area (Å²) in [5.41, 5.74) is 1.69. The molecule has 2 nitrogen and oxygen atoms in total. The third-order valence-electron chi connectivity index (χ3n) is 2.08. The van der Waals surface area contributed by atoms with Gasteiger partial charge in [-0.1, -0.05) is 29.5 Å².